The number of rotatable bonds is 3. The molecule has 0 radical (unpaired) electrons. The third-order valence-corrected chi connectivity index (χ3v) is 4.26. The summed E-state index contributed by atoms with van der Waals surface area (Å²) >= 11 is 0. The first-order valence-electron chi connectivity index (χ1n) is 7.97. The van der Waals surface area contributed by atoms with E-state index in [-0.39, 0.29) is 5.69 Å². The van der Waals surface area contributed by atoms with E-state index in [4.69, 9.17) is 0 Å². The number of nitrogens with one attached hydrogen (secondary N) is 1. The van der Waals surface area contributed by atoms with Gasteiger partial charge in [-0.2, -0.15) is 0 Å². The number of piperidine rings is 1. The van der Waals surface area contributed by atoms with E-state index in [1.165, 1.54) is 12.4 Å². The van der Waals surface area contributed by atoms with Crippen molar-refractivity contribution in [3.8, 4) is 0 Å². The molecule has 0 spiro atoms. The lowest BCUT2D eigenvalue weighted by Crippen LogP contribution is -2.33. The summed E-state index contributed by atoms with van der Waals surface area (Å²) in [4.78, 5) is 22.4. The quantitative estimate of drug-likeness (QED) is 0.862. The van der Waals surface area contributed by atoms with Crippen molar-refractivity contribution >= 4 is 17.4 Å². The van der Waals surface area contributed by atoms with Crippen molar-refractivity contribution in [2.45, 2.75) is 19.8 Å². The van der Waals surface area contributed by atoms with E-state index in [1.807, 2.05) is 0 Å². The monoisotopic (exact) mass is 350 g/mol. The van der Waals surface area contributed by atoms with Crippen LogP contribution in [0.4, 0.5) is 24.7 Å². The lowest BCUT2D eigenvalue weighted by Gasteiger charge is -2.30. The van der Waals surface area contributed by atoms with Crippen LogP contribution in [0.3, 0.4) is 0 Å². The van der Waals surface area contributed by atoms with E-state index in [9.17, 15) is 18.0 Å². The number of hydrogen-bond donors (Lipinski definition) is 1. The molecule has 5 nitrogen and oxygen atoms in total. The molecule has 0 bridgehead atoms. The Morgan fingerprint density at radius 3 is 2.48 bits per heavy atom. The highest BCUT2D eigenvalue weighted by atomic mass is 19.2. The molecule has 3 rings (SSSR count). The molecule has 8 heteroatoms. The zero-order valence-corrected chi connectivity index (χ0v) is 13.6. The maximum absolute atomic E-state index is 13.6. The van der Waals surface area contributed by atoms with Crippen LogP contribution in [0.5, 0.6) is 0 Å². The second-order valence-corrected chi connectivity index (χ2v) is 6.11. The first-order valence-corrected chi connectivity index (χ1v) is 7.97. The summed E-state index contributed by atoms with van der Waals surface area (Å²) in [5.41, 5.74) is -0.502. The fourth-order valence-corrected chi connectivity index (χ4v) is 2.65. The Bertz CT molecular complexity index is 774. The number of nitrogens with zero attached hydrogens (tertiary/aromatic N) is 3. The Hall–Kier alpha value is -2.64. The Morgan fingerprint density at radius 1 is 1.12 bits per heavy atom. The fraction of sp³-hybridized carbons (Fsp3) is 0.353. The van der Waals surface area contributed by atoms with E-state index >= 15 is 0 Å². The Morgan fingerprint density at radius 2 is 1.84 bits per heavy atom. The summed E-state index contributed by atoms with van der Waals surface area (Å²) in [6, 6.07) is 1.68. The normalized spacial score (nSPS) is 15.3. The van der Waals surface area contributed by atoms with Gasteiger partial charge >= 0.3 is 0 Å². The van der Waals surface area contributed by atoms with Gasteiger partial charge < -0.3 is 10.2 Å². The molecule has 1 saturated heterocycles. The molecule has 25 heavy (non-hydrogen) atoms. The predicted octanol–water partition coefficient (Wildman–Crippen LogP) is 3.38. The first-order chi connectivity index (χ1) is 12.0. The standard InChI is InChI=1S/C17H17F3N4O/c1-10-4-6-24(7-5-10)14-9-21-13(8-22-14)17(25)23-12-3-2-11(18)15(19)16(12)20/h2-3,8-10H,4-7H2,1H3,(H,23,25). The van der Waals surface area contributed by atoms with Gasteiger partial charge in [0.15, 0.2) is 17.5 Å². The van der Waals surface area contributed by atoms with Gasteiger partial charge in [-0.05, 0) is 30.9 Å². The average Bonchev–Trinajstić information content (AvgIpc) is 2.63. The minimum absolute atomic E-state index is 0.0433. The maximum atomic E-state index is 13.6. The molecule has 1 amide bonds. The van der Waals surface area contributed by atoms with Gasteiger partial charge in [-0.25, -0.2) is 23.1 Å². The van der Waals surface area contributed by atoms with Crippen molar-refractivity contribution < 1.29 is 18.0 Å². The molecule has 0 unspecified atom stereocenters. The molecule has 2 heterocycles. The van der Waals surface area contributed by atoms with Crippen molar-refractivity contribution in [1.29, 1.82) is 0 Å². The highest BCUT2D eigenvalue weighted by Crippen LogP contribution is 2.22. The molecule has 1 fully saturated rings. The summed E-state index contributed by atoms with van der Waals surface area (Å²) in [7, 11) is 0. The van der Waals surface area contributed by atoms with Crippen LogP contribution in [0.2, 0.25) is 0 Å². The molecule has 1 aromatic heterocycles. The summed E-state index contributed by atoms with van der Waals surface area (Å²) < 4.78 is 39.7. The van der Waals surface area contributed by atoms with Crippen molar-refractivity contribution in [3.05, 3.63) is 47.7 Å². The Labute approximate surface area is 142 Å². The third kappa shape index (κ3) is 3.72. The van der Waals surface area contributed by atoms with Gasteiger partial charge in [0.1, 0.15) is 11.5 Å². The molecular formula is C17H17F3N4O. The molecule has 132 valence electrons. The molecule has 0 aliphatic carbocycles. The van der Waals surface area contributed by atoms with Crippen LogP contribution in [0.1, 0.15) is 30.3 Å². The van der Waals surface area contributed by atoms with Crippen molar-refractivity contribution in [2.24, 2.45) is 5.92 Å². The van der Waals surface area contributed by atoms with Gasteiger partial charge in [-0.1, -0.05) is 6.92 Å². The smallest absolute Gasteiger partial charge is 0.275 e. The first kappa shape index (κ1) is 17.2. The number of carbonyl (C=O) groups excluding carboxylic acids is 1. The lowest BCUT2D eigenvalue weighted by molar-refractivity contribution is 0.102. The molecule has 0 atom stereocenters. The minimum atomic E-state index is -1.64. The molecule has 2 aromatic rings. The summed E-state index contributed by atoms with van der Waals surface area (Å²) in [5.74, 6) is -3.83. The van der Waals surface area contributed by atoms with Crippen LogP contribution in [-0.4, -0.2) is 29.0 Å². The van der Waals surface area contributed by atoms with E-state index in [0.717, 1.165) is 38.1 Å². The van der Waals surface area contributed by atoms with Crippen LogP contribution in [0.25, 0.3) is 0 Å². The Kier molecular flexibility index (Phi) is 4.87. The van der Waals surface area contributed by atoms with Gasteiger partial charge in [0, 0.05) is 13.1 Å². The third-order valence-electron chi connectivity index (χ3n) is 4.26. The molecule has 1 aliphatic heterocycles. The maximum Gasteiger partial charge on any atom is 0.275 e. The van der Waals surface area contributed by atoms with Crippen molar-refractivity contribution in [3.63, 3.8) is 0 Å². The number of halogens is 3. The number of amides is 1. The summed E-state index contributed by atoms with van der Waals surface area (Å²) in [5, 5.41) is 2.16. The second-order valence-electron chi connectivity index (χ2n) is 6.11. The fourth-order valence-electron chi connectivity index (χ4n) is 2.65. The van der Waals surface area contributed by atoms with E-state index in [0.29, 0.717) is 11.7 Å². The summed E-state index contributed by atoms with van der Waals surface area (Å²) in [6.45, 7) is 3.96. The molecule has 1 N–H and O–H groups in total. The largest absolute Gasteiger partial charge is 0.355 e. The lowest BCUT2D eigenvalue weighted by atomic mass is 9.99. The van der Waals surface area contributed by atoms with Crippen molar-refractivity contribution in [2.75, 3.05) is 23.3 Å². The van der Waals surface area contributed by atoms with E-state index in [2.05, 4.69) is 27.1 Å². The van der Waals surface area contributed by atoms with E-state index in [1.54, 1.807) is 0 Å². The van der Waals surface area contributed by atoms with Crippen LogP contribution >= 0.6 is 0 Å². The van der Waals surface area contributed by atoms with Gasteiger partial charge in [0.25, 0.3) is 5.91 Å². The SMILES string of the molecule is CC1CCN(c2cnc(C(=O)Nc3ccc(F)c(F)c3F)cn2)CC1. The number of carbonyl (C=O) groups is 1. The molecular weight excluding hydrogens is 333 g/mol. The van der Waals surface area contributed by atoms with Crippen molar-refractivity contribution in [1.82, 2.24) is 9.97 Å². The highest BCUT2D eigenvalue weighted by molar-refractivity contribution is 6.02. The molecule has 0 saturated carbocycles. The summed E-state index contributed by atoms with van der Waals surface area (Å²) in [6.07, 6.45) is 4.89. The number of aromatic nitrogens is 2. The highest BCUT2D eigenvalue weighted by Gasteiger charge is 2.19. The van der Waals surface area contributed by atoms with Gasteiger partial charge in [-0.3, -0.25) is 4.79 Å². The topological polar surface area (TPSA) is 58.1 Å². The van der Waals surface area contributed by atoms with E-state index < -0.39 is 29.0 Å². The predicted molar refractivity (Wildman–Crippen MR) is 86.9 cm³/mol. The zero-order valence-electron chi connectivity index (χ0n) is 13.6. The number of hydrogen-bond acceptors (Lipinski definition) is 4. The van der Waals surface area contributed by atoms with Gasteiger partial charge in [0.2, 0.25) is 0 Å². The van der Waals surface area contributed by atoms with Crippen LogP contribution in [0, 0.1) is 23.4 Å². The number of benzene rings is 1. The van der Waals surface area contributed by atoms with Crippen LogP contribution < -0.4 is 10.2 Å². The molecule has 1 aliphatic rings. The zero-order chi connectivity index (χ0) is 18.0. The Balaban J connectivity index is 1.70. The van der Waals surface area contributed by atoms with Crippen LogP contribution in [-0.2, 0) is 0 Å². The molecule has 1 aromatic carbocycles. The van der Waals surface area contributed by atoms with Gasteiger partial charge in [0.05, 0.1) is 18.1 Å². The van der Waals surface area contributed by atoms with Gasteiger partial charge in [-0.15, -0.1) is 0 Å². The number of anilines is 2. The minimum Gasteiger partial charge on any atom is -0.355 e. The average molecular weight is 350 g/mol. The second kappa shape index (κ2) is 7.08. The van der Waals surface area contributed by atoms with Crippen LogP contribution in [0.15, 0.2) is 24.5 Å².